The summed E-state index contributed by atoms with van der Waals surface area (Å²) in [7, 11) is 1.59. The third-order valence-corrected chi connectivity index (χ3v) is 9.31. The van der Waals surface area contributed by atoms with Crippen molar-refractivity contribution in [2.24, 2.45) is 17.8 Å². The molecule has 3 atom stereocenters. The standard InChI is InChI=1S/C34H43F2NO5.2H2S/c1-20(2)31-34(3,4)42-33(39)37(31)32(38)30(36)29(23-13-14-23)24-7-6-8-26(17-24)41-19-21-9-11-22(12-10-21)27-18-25(40-5)15-16-28(27)35;;/h6-8,15-18,20-23,29-31H,9-14,19H2,1-5H3;2*1H2/t21?,22?,29-,30?,31-;;/m0../s1. The molecule has 2 aromatic carbocycles. The third kappa shape index (κ3) is 7.66. The first-order valence-corrected chi connectivity index (χ1v) is 15.3. The van der Waals surface area contributed by atoms with Gasteiger partial charge < -0.3 is 14.2 Å². The van der Waals surface area contributed by atoms with Gasteiger partial charge in [-0.2, -0.15) is 27.0 Å². The van der Waals surface area contributed by atoms with E-state index in [2.05, 4.69) is 0 Å². The largest absolute Gasteiger partial charge is 0.497 e. The molecule has 0 radical (unpaired) electrons. The third-order valence-electron chi connectivity index (χ3n) is 9.31. The van der Waals surface area contributed by atoms with Crippen LogP contribution in [0, 0.1) is 23.6 Å². The smallest absolute Gasteiger partial charge is 0.417 e. The van der Waals surface area contributed by atoms with Gasteiger partial charge in [0.1, 0.15) is 22.9 Å². The van der Waals surface area contributed by atoms with Gasteiger partial charge in [-0.25, -0.2) is 18.5 Å². The monoisotopic (exact) mass is 651 g/mol. The van der Waals surface area contributed by atoms with E-state index in [9.17, 15) is 14.0 Å². The van der Waals surface area contributed by atoms with Crippen LogP contribution in [0.1, 0.15) is 89.2 Å². The summed E-state index contributed by atoms with van der Waals surface area (Å²) in [6.45, 7) is 7.86. The number of benzene rings is 2. The number of ether oxygens (including phenoxy) is 3. The average Bonchev–Trinajstić information content (AvgIpc) is 3.76. The van der Waals surface area contributed by atoms with Crippen LogP contribution in [-0.2, 0) is 9.53 Å². The quantitative estimate of drug-likeness (QED) is 0.260. The van der Waals surface area contributed by atoms with Gasteiger partial charge in [0.25, 0.3) is 5.91 Å². The Bertz CT molecular complexity index is 1300. The maximum atomic E-state index is 16.1. The molecule has 244 valence electrons. The number of methoxy groups -OCH3 is 1. The highest BCUT2D eigenvalue weighted by Gasteiger charge is 2.55. The minimum atomic E-state index is -1.86. The van der Waals surface area contributed by atoms with E-state index < -0.39 is 35.7 Å². The molecular formula is C34H47F2NO5S2. The van der Waals surface area contributed by atoms with E-state index in [4.69, 9.17) is 14.2 Å². The molecule has 2 saturated carbocycles. The fourth-order valence-corrected chi connectivity index (χ4v) is 7.14. The van der Waals surface area contributed by atoms with Crippen molar-refractivity contribution in [2.45, 2.75) is 95.9 Å². The number of nitrogens with zero attached hydrogens (tertiary/aromatic N) is 1. The molecule has 5 rings (SSSR count). The van der Waals surface area contributed by atoms with Gasteiger partial charge in [0.15, 0.2) is 6.17 Å². The summed E-state index contributed by atoms with van der Waals surface area (Å²) < 4.78 is 47.6. The van der Waals surface area contributed by atoms with Crippen molar-refractivity contribution in [1.29, 1.82) is 0 Å². The number of hydrogen-bond acceptors (Lipinski definition) is 5. The van der Waals surface area contributed by atoms with E-state index >= 15 is 4.39 Å². The number of imide groups is 1. The fourth-order valence-electron chi connectivity index (χ4n) is 7.14. The zero-order valence-electron chi connectivity index (χ0n) is 26.3. The Morgan fingerprint density at radius 3 is 2.32 bits per heavy atom. The highest BCUT2D eigenvalue weighted by molar-refractivity contribution is 7.59. The summed E-state index contributed by atoms with van der Waals surface area (Å²) >= 11 is 0. The van der Waals surface area contributed by atoms with E-state index in [1.807, 2.05) is 38.1 Å². The molecule has 0 bridgehead atoms. The molecule has 0 spiro atoms. The van der Waals surface area contributed by atoms with Crippen LogP contribution in [0.15, 0.2) is 42.5 Å². The number of hydrogen-bond donors (Lipinski definition) is 0. The molecule has 2 amide bonds. The lowest BCUT2D eigenvalue weighted by Crippen LogP contribution is -2.51. The number of alkyl halides is 1. The normalized spacial score (nSPS) is 24.0. The summed E-state index contributed by atoms with van der Waals surface area (Å²) in [5.74, 6) is 0.0991. The van der Waals surface area contributed by atoms with Gasteiger partial charge >= 0.3 is 6.09 Å². The summed E-state index contributed by atoms with van der Waals surface area (Å²) in [6, 6.07) is 11.8. The van der Waals surface area contributed by atoms with Crippen LogP contribution < -0.4 is 9.47 Å². The number of cyclic esters (lactones) is 1. The first kappa shape index (κ1) is 36.0. The molecule has 1 heterocycles. The van der Waals surface area contributed by atoms with Gasteiger partial charge in [-0.1, -0.05) is 26.0 Å². The van der Waals surface area contributed by atoms with Crippen molar-refractivity contribution < 1.29 is 32.6 Å². The lowest BCUT2D eigenvalue weighted by molar-refractivity contribution is -0.136. The molecule has 0 N–H and O–H groups in total. The predicted octanol–water partition coefficient (Wildman–Crippen LogP) is 8.03. The Labute approximate surface area is 274 Å². The van der Waals surface area contributed by atoms with Crippen LogP contribution in [0.2, 0.25) is 0 Å². The van der Waals surface area contributed by atoms with Crippen molar-refractivity contribution in [3.63, 3.8) is 0 Å². The van der Waals surface area contributed by atoms with Gasteiger partial charge in [0.05, 0.1) is 19.8 Å². The van der Waals surface area contributed by atoms with Gasteiger partial charge in [0.2, 0.25) is 0 Å². The second kappa shape index (κ2) is 14.8. The fraction of sp³-hybridized carbons (Fsp3) is 0.588. The molecule has 2 aliphatic carbocycles. The van der Waals surface area contributed by atoms with Crippen molar-refractivity contribution in [3.8, 4) is 11.5 Å². The van der Waals surface area contributed by atoms with E-state index in [0.717, 1.165) is 43.4 Å². The summed E-state index contributed by atoms with van der Waals surface area (Å²) in [4.78, 5) is 27.2. The molecule has 6 nitrogen and oxygen atoms in total. The van der Waals surface area contributed by atoms with Gasteiger partial charge in [0, 0.05) is 5.92 Å². The molecule has 3 aliphatic rings. The predicted molar refractivity (Wildman–Crippen MR) is 177 cm³/mol. The number of carbonyl (C=O) groups is 2. The molecular weight excluding hydrogens is 605 g/mol. The van der Waals surface area contributed by atoms with E-state index in [0.29, 0.717) is 35.2 Å². The first-order valence-electron chi connectivity index (χ1n) is 15.3. The number of carbonyl (C=O) groups excluding carboxylic acids is 2. The molecule has 44 heavy (non-hydrogen) atoms. The molecule has 3 fully saturated rings. The second-order valence-corrected chi connectivity index (χ2v) is 13.1. The molecule has 1 aliphatic heterocycles. The Morgan fingerprint density at radius 1 is 1.02 bits per heavy atom. The van der Waals surface area contributed by atoms with E-state index in [1.54, 1.807) is 33.1 Å². The SMILES string of the molecule is COc1ccc(F)c(C2CCC(COc3cccc([C@H](C4CC4)C(F)C(=O)N4C(=O)OC(C)(C)[C@@H]4C(C)C)c3)CC2)c1.S.S. The van der Waals surface area contributed by atoms with Crippen molar-refractivity contribution in [3.05, 3.63) is 59.4 Å². The molecule has 1 saturated heterocycles. The highest BCUT2D eigenvalue weighted by Crippen LogP contribution is 2.47. The maximum absolute atomic E-state index is 16.1. The van der Waals surface area contributed by atoms with Crippen LogP contribution in [0.4, 0.5) is 13.6 Å². The van der Waals surface area contributed by atoms with Crippen LogP contribution in [0.5, 0.6) is 11.5 Å². The van der Waals surface area contributed by atoms with Gasteiger partial charge in [-0.15, -0.1) is 0 Å². The minimum absolute atomic E-state index is 0. The number of amides is 2. The Balaban J connectivity index is 0.00000264. The summed E-state index contributed by atoms with van der Waals surface area (Å²) in [6.07, 6.45) is 2.64. The van der Waals surface area contributed by atoms with E-state index in [-0.39, 0.29) is 50.6 Å². The van der Waals surface area contributed by atoms with E-state index in [1.165, 1.54) is 6.07 Å². The lowest BCUT2D eigenvalue weighted by atomic mass is 9.79. The zero-order valence-corrected chi connectivity index (χ0v) is 28.3. The molecule has 10 heteroatoms. The summed E-state index contributed by atoms with van der Waals surface area (Å²) in [5, 5.41) is 0. The van der Waals surface area contributed by atoms with Crippen molar-refractivity contribution >= 4 is 39.0 Å². The van der Waals surface area contributed by atoms with Crippen molar-refractivity contribution in [2.75, 3.05) is 13.7 Å². The van der Waals surface area contributed by atoms with Gasteiger partial charge in [-0.3, -0.25) is 4.79 Å². The topological polar surface area (TPSA) is 65.1 Å². The number of rotatable bonds is 10. The lowest BCUT2D eigenvalue weighted by Gasteiger charge is -2.32. The average molecular weight is 652 g/mol. The minimum Gasteiger partial charge on any atom is -0.497 e. The van der Waals surface area contributed by atoms with Crippen LogP contribution >= 0.6 is 27.0 Å². The Morgan fingerprint density at radius 2 is 1.70 bits per heavy atom. The second-order valence-electron chi connectivity index (χ2n) is 13.1. The highest BCUT2D eigenvalue weighted by atomic mass is 32.1. The van der Waals surface area contributed by atoms with Crippen LogP contribution in [-0.4, -0.2) is 48.4 Å². The molecule has 0 aromatic heterocycles. The molecule has 2 aromatic rings. The van der Waals surface area contributed by atoms with Gasteiger partial charge in [-0.05, 0) is 118 Å². The molecule has 1 unspecified atom stereocenters. The van der Waals surface area contributed by atoms with Crippen molar-refractivity contribution in [1.82, 2.24) is 4.90 Å². The first-order chi connectivity index (χ1) is 20.0. The number of halogens is 2. The maximum Gasteiger partial charge on any atom is 0.417 e. The Hall–Kier alpha value is -2.46. The van der Waals surface area contributed by atoms with Crippen LogP contribution in [0.25, 0.3) is 0 Å². The summed E-state index contributed by atoms with van der Waals surface area (Å²) in [5.41, 5.74) is 0.541. The zero-order chi connectivity index (χ0) is 30.2. The van der Waals surface area contributed by atoms with Crippen LogP contribution in [0.3, 0.4) is 0 Å². The Kier molecular flexibility index (Phi) is 12.1.